The van der Waals surface area contributed by atoms with Crippen molar-refractivity contribution in [2.75, 3.05) is 0 Å². The van der Waals surface area contributed by atoms with E-state index in [1.807, 2.05) is 0 Å². The van der Waals surface area contributed by atoms with Crippen LogP contribution in [0.2, 0.25) is 13.1 Å². The summed E-state index contributed by atoms with van der Waals surface area (Å²) in [6, 6.07) is 17.8. The fraction of sp³-hybridized carbons (Fsp3) is 0.364. The molecule has 1 aliphatic rings. The average Bonchev–Trinajstić information content (AvgIpc) is 2.88. The molecule has 0 aromatic heterocycles. The predicted octanol–water partition coefficient (Wildman–Crippen LogP) is 5.72. The molecule has 131 valence electrons. The Balaban J connectivity index is 2.06. The second kappa shape index (κ2) is 7.36. The van der Waals surface area contributed by atoms with Gasteiger partial charge < -0.3 is 0 Å². The maximum absolute atomic E-state index is 4.12. The molecule has 0 spiro atoms. The van der Waals surface area contributed by atoms with Crippen LogP contribution in [0.25, 0.3) is 17.2 Å². The van der Waals surface area contributed by atoms with Crippen LogP contribution in [0.1, 0.15) is 43.0 Å². The first kappa shape index (κ1) is 18.9. The van der Waals surface area contributed by atoms with Crippen LogP contribution in [0.15, 0.2) is 54.1 Å². The van der Waals surface area contributed by atoms with Crippen molar-refractivity contribution in [1.29, 1.82) is 0 Å². The molecule has 1 aliphatic carbocycles. The second-order valence-electron chi connectivity index (χ2n) is 8.48. The van der Waals surface area contributed by atoms with E-state index in [2.05, 4.69) is 99.2 Å². The van der Waals surface area contributed by atoms with Crippen molar-refractivity contribution in [2.45, 2.75) is 50.6 Å². The van der Waals surface area contributed by atoms with E-state index in [9.17, 15) is 0 Å². The Labute approximate surface area is 160 Å². The van der Waals surface area contributed by atoms with Gasteiger partial charge in [-0.3, -0.25) is 0 Å². The first-order valence-corrected chi connectivity index (χ1v) is 16.6. The van der Waals surface area contributed by atoms with Crippen LogP contribution >= 0.6 is 0 Å². The third kappa shape index (κ3) is 4.09. The predicted molar refractivity (Wildman–Crippen MR) is 110 cm³/mol. The third-order valence-corrected chi connectivity index (χ3v) is 17.6. The van der Waals surface area contributed by atoms with Crippen LogP contribution in [0.5, 0.6) is 0 Å². The Hall–Kier alpha value is -0.929. The molecule has 0 amide bonds. The zero-order valence-corrected chi connectivity index (χ0v) is 19.1. The number of hydrogen-bond donors (Lipinski definition) is 1. The van der Waals surface area contributed by atoms with Crippen LogP contribution < -0.4 is 3.80 Å². The molecule has 0 saturated heterocycles. The summed E-state index contributed by atoms with van der Waals surface area (Å²) in [6.45, 7) is 13.7. The molecule has 0 radical (unpaired) electrons. The molecule has 2 aromatic rings. The number of fused-ring (bicyclic) bond motifs is 1. The molecule has 0 bridgehead atoms. The Bertz CT molecular complexity index is 774. The molecule has 1 nitrogen and oxygen atoms in total. The summed E-state index contributed by atoms with van der Waals surface area (Å²) in [5, 5.41) is 0. The van der Waals surface area contributed by atoms with E-state index in [1.54, 1.807) is 11.1 Å². The molecule has 3 rings (SSSR count). The zero-order chi connectivity index (χ0) is 18.2. The van der Waals surface area contributed by atoms with Crippen molar-refractivity contribution in [2.24, 2.45) is 0 Å². The maximum atomic E-state index is 4.12. The Morgan fingerprint density at radius 1 is 0.960 bits per heavy atom. The number of allylic oxidation sites excluding steroid dienone is 1. The van der Waals surface area contributed by atoms with E-state index >= 15 is 0 Å². The van der Waals surface area contributed by atoms with Gasteiger partial charge in [0.15, 0.2) is 0 Å². The van der Waals surface area contributed by atoms with Gasteiger partial charge in [-0.15, -0.1) is 0 Å². The Kier molecular flexibility index (Phi) is 5.55. The van der Waals surface area contributed by atoms with Crippen molar-refractivity contribution < 1.29 is 17.4 Å². The third-order valence-electron chi connectivity index (χ3n) is 4.82. The number of benzene rings is 2. The summed E-state index contributed by atoms with van der Waals surface area (Å²) in [5.74, 6) is 0. The minimum atomic E-state index is -1.40. The molecule has 1 N–H and O–H groups in total. The van der Waals surface area contributed by atoms with Crippen LogP contribution in [0.3, 0.4) is 0 Å². The Morgan fingerprint density at radius 2 is 1.64 bits per heavy atom. The van der Waals surface area contributed by atoms with Gasteiger partial charge in [0.25, 0.3) is 0 Å². The molecule has 1 atom stereocenters. The monoisotopic (exact) mass is 384 g/mol. The number of rotatable bonds is 4. The first-order valence-electron chi connectivity index (χ1n) is 9.29. The van der Waals surface area contributed by atoms with E-state index in [4.69, 9.17) is 0 Å². The fourth-order valence-corrected chi connectivity index (χ4v) is 16.2. The molecule has 0 fully saturated rings. The summed E-state index contributed by atoms with van der Waals surface area (Å²) < 4.78 is 4.79. The van der Waals surface area contributed by atoms with Crippen molar-refractivity contribution in [1.82, 2.24) is 3.80 Å². The zero-order valence-electron chi connectivity index (χ0n) is 16.4. The molecule has 0 heterocycles. The van der Waals surface area contributed by atoms with Crippen molar-refractivity contribution >= 4 is 12.7 Å². The van der Waals surface area contributed by atoms with Gasteiger partial charge in [-0.2, -0.15) is 0 Å². The molecule has 2 aromatic carbocycles. The number of hydrogen-bond acceptors (Lipinski definition) is 1. The van der Waals surface area contributed by atoms with Gasteiger partial charge in [0.1, 0.15) is 0 Å². The molecule has 3 heteroatoms. The summed E-state index contributed by atoms with van der Waals surface area (Å²) in [4.78, 5) is 0. The van der Waals surface area contributed by atoms with Crippen molar-refractivity contribution in [3.8, 4) is 11.1 Å². The molecular formula is C22H30NSiTi. The van der Waals surface area contributed by atoms with Gasteiger partial charge in [0.2, 0.25) is 0 Å². The SMILES string of the molecule is CC1=Cc2c(-c3ccccc3)cccc2[CH]1[Ti]([NH]C(C)(C)C)[SiH](C)C. The normalized spacial score (nSPS) is 16.8. The standard InChI is InChI=1S/C16H13.C4H10N.C2H7Si.Ti/c1-12-10-14-8-5-9-15(16(14)11-12)13-6-3-2-4-7-13;1-4(2,3)5;1-3-2;/h2-11H,1H3;5H,1-3H3;3H,1-2H3;/q;-1;;+1. The summed E-state index contributed by atoms with van der Waals surface area (Å²) in [5.41, 5.74) is 7.55. The van der Waals surface area contributed by atoms with Gasteiger partial charge >= 0.3 is 161 Å². The first-order chi connectivity index (χ1) is 11.8. The van der Waals surface area contributed by atoms with Gasteiger partial charge in [0, 0.05) is 0 Å². The topological polar surface area (TPSA) is 12.0 Å². The van der Waals surface area contributed by atoms with E-state index in [0.717, 1.165) is 0 Å². The molecular weight excluding hydrogens is 354 g/mol. The minimum absolute atomic E-state index is 0.215. The van der Waals surface area contributed by atoms with Gasteiger partial charge in [0.05, 0.1) is 0 Å². The summed E-state index contributed by atoms with van der Waals surface area (Å²) >= 11 is -1.40. The molecule has 1 unspecified atom stereocenters. The van der Waals surface area contributed by atoms with Gasteiger partial charge in [-0.05, 0) is 0 Å². The number of nitrogens with one attached hydrogen (secondary N) is 1. The van der Waals surface area contributed by atoms with Crippen LogP contribution in [0.4, 0.5) is 0 Å². The van der Waals surface area contributed by atoms with E-state index in [1.165, 1.54) is 16.7 Å². The fourth-order valence-electron chi connectivity index (χ4n) is 3.82. The van der Waals surface area contributed by atoms with E-state index in [0.29, 0.717) is 4.22 Å². The molecule has 0 aliphatic heterocycles. The molecule has 25 heavy (non-hydrogen) atoms. The van der Waals surface area contributed by atoms with Gasteiger partial charge in [-0.25, -0.2) is 0 Å². The quantitative estimate of drug-likeness (QED) is 0.665. The van der Waals surface area contributed by atoms with Crippen molar-refractivity contribution in [3.63, 3.8) is 0 Å². The summed E-state index contributed by atoms with van der Waals surface area (Å²) in [7, 11) is 0. The average molecular weight is 384 g/mol. The Morgan fingerprint density at radius 3 is 2.24 bits per heavy atom. The van der Waals surface area contributed by atoms with Gasteiger partial charge in [-0.1, -0.05) is 0 Å². The van der Waals surface area contributed by atoms with Crippen LogP contribution in [0, 0.1) is 0 Å². The summed E-state index contributed by atoms with van der Waals surface area (Å²) in [6.07, 6.45) is 2.47. The van der Waals surface area contributed by atoms with Crippen LogP contribution in [-0.4, -0.2) is 12.2 Å². The van der Waals surface area contributed by atoms with E-state index < -0.39 is 24.0 Å². The second-order valence-corrected chi connectivity index (χ2v) is 21.5. The van der Waals surface area contributed by atoms with Crippen molar-refractivity contribution in [3.05, 3.63) is 65.2 Å². The van der Waals surface area contributed by atoms with E-state index in [-0.39, 0.29) is 5.54 Å². The molecule has 0 saturated carbocycles. The van der Waals surface area contributed by atoms with Crippen LogP contribution in [-0.2, 0) is 17.4 Å².